The molecule has 2 rings (SSSR count). The summed E-state index contributed by atoms with van der Waals surface area (Å²) in [5.74, 6) is 0.944. The van der Waals surface area contributed by atoms with Crippen LogP contribution in [0.1, 0.15) is 25.8 Å². The van der Waals surface area contributed by atoms with Crippen LogP contribution in [0.3, 0.4) is 0 Å². The largest absolute Gasteiger partial charge is 0.392 e. The van der Waals surface area contributed by atoms with Crippen LogP contribution >= 0.6 is 0 Å². The summed E-state index contributed by atoms with van der Waals surface area (Å²) in [5, 5.41) is 9.11. The molecule has 1 aliphatic heterocycles. The number of sulfonamides is 1. The number of aliphatic hydroxyl groups excluding tert-OH is 1. The molecular weight excluding hydrogens is 262 g/mol. The van der Waals surface area contributed by atoms with E-state index in [4.69, 9.17) is 5.11 Å². The fourth-order valence-electron chi connectivity index (χ4n) is 2.40. The topological polar surface area (TPSA) is 57.6 Å². The predicted octanol–water partition coefficient (Wildman–Crippen LogP) is 1.85. The lowest BCUT2D eigenvalue weighted by molar-refractivity contribution is 0.212. The molecule has 1 N–H and O–H groups in total. The van der Waals surface area contributed by atoms with Crippen LogP contribution in [0.4, 0.5) is 0 Å². The molecule has 0 amide bonds. The maximum absolute atomic E-state index is 12.6. The first-order chi connectivity index (χ1) is 8.95. The van der Waals surface area contributed by atoms with Gasteiger partial charge in [0.2, 0.25) is 10.0 Å². The van der Waals surface area contributed by atoms with Gasteiger partial charge in [0.25, 0.3) is 0 Å². The van der Waals surface area contributed by atoms with Crippen LogP contribution in [-0.2, 0) is 16.6 Å². The third-order valence-corrected chi connectivity index (χ3v) is 5.88. The van der Waals surface area contributed by atoms with E-state index in [0.29, 0.717) is 30.5 Å². The maximum Gasteiger partial charge on any atom is 0.243 e. The summed E-state index contributed by atoms with van der Waals surface area (Å²) >= 11 is 0. The van der Waals surface area contributed by atoms with Crippen molar-refractivity contribution in [3.63, 3.8) is 0 Å². The number of rotatable bonds is 3. The van der Waals surface area contributed by atoms with Gasteiger partial charge >= 0.3 is 0 Å². The Morgan fingerprint density at radius 3 is 2.68 bits per heavy atom. The third kappa shape index (κ3) is 2.99. The van der Waals surface area contributed by atoms with Crippen LogP contribution < -0.4 is 0 Å². The highest BCUT2D eigenvalue weighted by Gasteiger charge is 2.31. The SMILES string of the molecule is CC1CCN(S(=O)(=O)c2cccc(CO)c2)CC1C. The van der Waals surface area contributed by atoms with Gasteiger partial charge in [-0.3, -0.25) is 0 Å². The maximum atomic E-state index is 12.6. The van der Waals surface area contributed by atoms with E-state index in [9.17, 15) is 8.42 Å². The van der Waals surface area contributed by atoms with Crippen molar-refractivity contribution in [2.75, 3.05) is 13.1 Å². The van der Waals surface area contributed by atoms with Crippen molar-refractivity contribution < 1.29 is 13.5 Å². The molecule has 1 aromatic rings. The average molecular weight is 283 g/mol. The smallest absolute Gasteiger partial charge is 0.243 e. The Labute approximate surface area is 115 Å². The molecule has 2 atom stereocenters. The fraction of sp³-hybridized carbons (Fsp3) is 0.571. The monoisotopic (exact) mass is 283 g/mol. The van der Waals surface area contributed by atoms with Crippen LogP contribution in [-0.4, -0.2) is 30.9 Å². The van der Waals surface area contributed by atoms with E-state index in [0.717, 1.165) is 6.42 Å². The minimum absolute atomic E-state index is 0.142. The van der Waals surface area contributed by atoms with Gasteiger partial charge in [-0.2, -0.15) is 4.31 Å². The Balaban J connectivity index is 2.27. The minimum Gasteiger partial charge on any atom is -0.392 e. The second-order valence-electron chi connectivity index (χ2n) is 5.41. The summed E-state index contributed by atoms with van der Waals surface area (Å²) in [7, 11) is -3.43. The highest BCUT2D eigenvalue weighted by atomic mass is 32.2. The molecular formula is C14H21NO3S. The van der Waals surface area contributed by atoms with Gasteiger partial charge in [0.05, 0.1) is 11.5 Å². The first-order valence-electron chi connectivity index (χ1n) is 6.65. The molecule has 0 bridgehead atoms. The van der Waals surface area contributed by atoms with Crippen molar-refractivity contribution in [1.29, 1.82) is 0 Å². The van der Waals surface area contributed by atoms with E-state index in [2.05, 4.69) is 13.8 Å². The summed E-state index contributed by atoms with van der Waals surface area (Å²) in [4.78, 5) is 0.279. The average Bonchev–Trinajstić information content (AvgIpc) is 2.41. The highest BCUT2D eigenvalue weighted by Crippen LogP contribution is 2.27. The molecule has 1 aliphatic rings. The van der Waals surface area contributed by atoms with Crippen molar-refractivity contribution in [2.24, 2.45) is 11.8 Å². The van der Waals surface area contributed by atoms with E-state index < -0.39 is 10.0 Å². The number of nitrogens with zero attached hydrogens (tertiary/aromatic N) is 1. The molecule has 1 fully saturated rings. The Bertz CT molecular complexity index is 541. The highest BCUT2D eigenvalue weighted by molar-refractivity contribution is 7.89. The molecule has 5 heteroatoms. The Morgan fingerprint density at radius 2 is 2.05 bits per heavy atom. The third-order valence-electron chi connectivity index (χ3n) is 4.02. The zero-order chi connectivity index (χ0) is 14.0. The Kier molecular flexibility index (Phi) is 4.28. The zero-order valence-corrected chi connectivity index (χ0v) is 12.2. The van der Waals surface area contributed by atoms with Gasteiger partial charge in [-0.05, 0) is 36.0 Å². The molecule has 4 nitrogen and oxygen atoms in total. The summed E-state index contributed by atoms with van der Waals surface area (Å²) in [6.07, 6.45) is 0.903. The lowest BCUT2D eigenvalue weighted by atomic mass is 9.90. The first-order valence-corrected chi connectivity index (χ1v) is 8.09. The first kappa shape index (κ1) is 14.5. The standard InChI is InChI=1S/C14H21NO3S/c1-11-6-7-15(9-12(11)2)19(17,18)14-5-3-4-13(8-14)10-16/h3-5,8,11-12,16H,6-7,9-10H2,1-2H3. The van der Waals surface area contributed by atoms with Crippen LogP contribution in [0.15, 0.2) is 29.2 Å². The van der Waals surface area contributed by atoms with Crippen molar-refractivity contribution >= 4 is 10.0 Å². The van der Waals surface area contributed by atoms with Crippen molar-refractivity contribution in [1.82, 2.24) is 4.31 Å². The molecule has 0 aliphatic carbocycles. The molecule has 0 saturated carbocycles. The van der Waals surface area contributed by atoms with Crippen LogP contribution in [0.25, 0.3) is 0 Å². The summed E-state index contributed by atoms with van der Waals surface area (Å²) in [5.41, 5.74) is 0.625. The molecule has 0 spiro atoms. The molecule has 2 unspecified atom stereocenters. The van der Waals surface area contributed by atoms with Gasteiger partial charge < -0.3 is 5.11 Å². The van der Waals surface area contributed by atoms with Gasteiger partial charge in [-0.1, -0.05) is 26.0 Å². The minimum atomic E-state index is -3.43. The van der Waals surface area contributed by atoms with Crippen molar-refractivity contribution in [3.8, 4) is 0 Å². The van der Waals surface area contributed by atoms with Crippen LogP contribution in [0.2, 0.25) is 0 Å². The summed E-state index contributed by atoms with van der Waals surface area (Å²) in [6.45, 7) is 5.28. The van der Waals surface area contributed by atoms with Gasteiger partial charge in [0, 0.05) is 13.1 Å². The Morgan fingerprint density at radius 1 is 1.32 bits per heavy atom. The number of benzene rings is 1. The van der Waals surface area contributed by atoms with E-state index in [1.165, 1.54) is 0 Å². The fourth-order valence-corrected chi connectivity index (χ4v) is 4.02. The summed E-state index contributed by atoms with van der Waals surface area (Å²) < 4.78 is 26.7. The molecule has 106 valence electrons. The van der Waals surface area contributed by atoms with Gasteiger partial charge in [0.15, 0.2) is 0 Å². The van der Waals surface area contributed by atoms with Crippen LogP contribution in [0, 0.1) is 11.8 Å². The second-order valence-corrected chi connectivity index (χ2v) is 7.35. The molecule has 1 saturated heterocycles. The van der Waals surface area contributed by atoms with E-state index in [1.807, 2.05) is 0 Å². The quantitative estimate of drug-likeness (QED) is 0.921. The normalized spacial score (nSPS) is 25.4. The van der Waals surface area contributed by atoms with Crippen molar-refractivity contribution in [3.05, 3.63) is 29.8 Å². The van der Waals surface area contributed by atoms with Gasteiger partial charge in [-0.25, -0.2) is 8.42 Å². The predicted molar refractivity (Wildman–Crippen MR) is 74.1 cm³/mol. The zero-order valence-electron chi connectivity index (χ0n) is 11.4. The van der Waals surface area contributed by atoms with Gasteiger partial charge in [-0.15, -0.1) is 0 Å². The molecule has 0 radical (unpaired) electrons. The van der Waals surface area contributed by atoms with E-state index >= 15 is 0 Å². The molecule has 1 heterocycles. The van der Waals surface area contributed by atoms with E-state index in [-0.39, 0.29) is 11.5 Å². The molecule has 0 aromatic heterocycles. The second kappa shape index (κ2) is 5.61. The molecule has 1 aromatic carbocycles. The number of aliphatic hydroxyl groups is 1. The lowest BCUT2D eigenvalue weighted by Crippen LogP contribution is -2.42. The van der Waals surface area contributed by atoms with Crippen molar-refractivity contribution in [2.45, 2.75) is 31.8 Å². The Hall–Kier alpha value is -0.910. The molecule has 19 heavy (non-hydrogen) atoms. The number of hydrogen-bond donors (Lipinski definition) is 1. The van der Waals surface area contributed by atoms with Gasteiger partial charge in [0.1, 0.15) is 0 Å². The number of hydrogen-bond acceptors (Lipinski definition) is 3. The number of piperidine rings is 1. The lowest BCUT2D eigenvalue weighted by Gasteiger charge is -2.34. The van der Waals surface area contributed by atoms with Crippen LogP contribution in [0.5, 0.6) is 0 Å². The summed E-state index contributed by atoms with van der Waals surface area (Å²) in [6, 6.07) is 6.55. The van der Waals surface area contributed by atoms with E-state index in [1.54, 1.807) is 28.6 Å².